The third-order valence-electron chi connectivity index (χ3n) is 12.4. The number of allylic oxidation sites excluding steroid dienone is 4. The van der Waals surface area contributed by atoms with Crippen LogP contribution in [-0.4, -0.2) is 80.0 Å². The van der Waals surface area contributed by atoms with Gasteiger partial charge in [0, 0.05) is 50.3 Å². The minimum atomic E-state index is -8.55. The number of aliphatic hydroxyl groups excluding tert-OH is 1. The molecule has 0 spiro atoms. The van der Waals surface area contributed by atoms with E-state index in [1.165, 1.54) is 36.2 Å². The van der Waals surface area contributed by atoms with Crippen LogP contribution in [0.5, 0.6) is 0 Å². The van der Waals surface area contributed by atoms with Gasteiger partial charge < -0.3 is 40.4 Å². The Labute approximate surface area is 419 Å². The van der Waals surface area contributed by atoms with Gasteiger partial charge in [0.05, 0.1) is 35.9 Å². The van der Waals surface area contributed by atoms with Crippen molar-refractivity contribution in [1.29, 1.82) is 0 Å². The molecule has 19 heteroatoms. The maximum atomic E-state index is 14.3. The molecule has 2 aliphatic rings. The number of ketones is 2. The Morgan fingerprint density at radius 3 is 1.85 bits per heavy atom. The maximum absolute atomic E-state index is 14.3. The van der Waals surface area contributed by atoms with E-state index in [0.29, 0.717) is 18.5 Å². The summed E-state index contributed by atoms with van der Waals surface area (Å²) in [6.45, 7) is 7.68. The number of primary amides is 1. The monoisotopic (exact) mass is 1050 g/mol. The van der Waals surface area contributed by atoms with Gasteiger partial charge in [-0.1, -0.05) is 99.2 Å². The van der Waals surface area contributed by atoms with Crippen LogP contribution in [0.25, 0.3) is 0 Å². The van der Waals surface area contributed by atoms with Crippen molar-refractivity contribution >= 4 is 54.9 Å². The van der Waals surface area contributed by atoms with Gasteiger partial charge in [-0.2, -0.15) is 0 Å². The van der Waals surface area contributed by atoms with Crippen LogP contribution in [0, 0.1) is 11.8 Å². The summed E-state index contributed by atoms with van der Waals surface area (Å²) < 4.78 is 66.1. The largest absolute Gasteiger partial charge is 1.00 e. The zero-order chi connectivity index (χ0) is 52.4. The number of methoxy groups -OCH3 is 2. The molecule has 0 aromatic heterocycles. The Hall–Kier alpha value is -5.44. The van der Waals surface area contributed by atoms with Gasteiger partial charge in [0.1, 0.15) is 29.3 Å². The summed E-state index contributed by atoms with van der Waals surface area (Å²) in [6, 6.07) is 32.6. The molecular weight excluding hydrogens is 983 g/mol. The molecule has 5 N–H and O–H groups in total. The number of fused-ring (bicyclic) bond motifs is 2. The Bertz CT molecular complexity index is 2320. The van der Waals surface area contributed by atoms with Gasteiger partial charge in [-0.25, -0.2) is 4.79 Å². The molecule has 1 aliphatic heterocycles. The van der Waals surface area contributed by atoms with E-state index in [1.807, 2.05) is 19.9 Å². The van der Waals surface area contributed by atoms with Crippen molar-refractivity contribution in [3.63, 3.8) is 0 Å². The SMILES string of the molecule is COC1C[C@H](C)CC2=C(NCCCCCC[P+](c3ccccc3)(c3ccccc3)c3ccccc3)C(=O)C=C(NC(=O)/C(C)=C/C=C\[C@H](OC)C[C@@H](OC(N)=O)/C(C)=C/[C@H](C)[C@H]1O)C2=O.FP(F)(F)(F)F.[F-]. The van der Waals surface area contributed by atoms with Crippen molar-refractivity contribution < 1.29 is 64.2 Å². The second-order valence-electron chi connectivity index (χ2n) is 17.8. The van der Waals surface area contributed by atoms with Gasteiger partial charge in [-0.15, -0.1) is 0 Å². The molecular formula is C53H67F6N3O8P2. The topological polar surface area (TPSA) is 166 Å². The van der Waals surface area contributed by atoms with Crippen LogP contribution >= 0.6 is 15.4 Å². The summed E-state index contributed by atoms with van der Waals surface area (Å²) in [4.78, 5) is 53.5. The van der Waals surface area contributed by atoms with E-state index in [2.05, 4.69) is 102 Å². The number of unbranched alkanes of at least 4 members (excludes halogenated alkanes) is 3. The van der Waals surface area contributed by atoms with Crippen molar-refractivity contribution in [3.05, 3.63) is 149 Å². The van der Waals surface area contributed by atoms with E-state index < -0.39 is 63.5 Å². The molecule has 0 fully saturated rings. The van der Waals surface area contributed by atoms with Crippen molar-refractivity contribution in [2.24, 2.45) is 17.6 Å². The Morgan fingerprint density at radius 2 is 1.35 bits per heavy atom. The summed E-state index contributed by atoms with van der Waals surface area (Å²) in [5.41, 5.74) is 6.81. The summed E-state index contributed by atoms with van der Waals surface area (Å²) in [5.74, 6) is -2.01. The van der Waals surface area contributed by atoms with Crippen LogP contribution in [0.1, 0.15) is 72.6 Å². The summed E-state index contributed by atoms with van der Waals surface area (Å²) in [6.07, 6.45) is 9.63. The van der Waals surface area contributed by atoms with Crippen molar-refractivity contribution in [2.75, 3.05) is 26.9 Å². The first-order valence-corrected chi connectivity index (χ1v) is 27.2. The van der Waals surface area contributed by atoms with Crippen LogP contribution < -0.4 is 37.0 Å². The summed E-state index contributed by atoms with van der Waals surface area (Å²) in [7, 11) is -7.45. The number of nitrogens with one attached hydrogen (secondary N) is 2. The molecule has 11 nitrogen and oxygen atoms in total. The first-order valence-electron chi connectivity index (χ1n) is 23.5. The molecule has 394 valence electrons. The van der Waals surface area contributed by atoms with Gasteiger partial charge >= 0.3 is 35.2 Å². The number of hydrogen-bond acceptors (Lipinski definition) is 9. The molecule has 5 rings (SSSR count). The van der Waals surface area contributed by atoms with Crippen LogP contribution in [0.3, 0.4) is 0 Å². The van der Waals surface area contributed by atoms with Crippen molar-refractivity contribution in [1.82, 2.24) is 10.6 Å². The number of ether oxygens (including phenoxy) is 3. The number of benzene rings is 3. The number of carbonyl (C=O) groups excluding carboxylic acids is 4. The van der Waals surface area contributed by atoms with Gasteiger partial charge in [0.15, 0.2) is 0 Å². The number of aliphatic hydroxyl groups is 1. The fourth-order valence-corrected chi connectivity index (χ4v) is 13.2. The molecule has 1 unspecified atom stereocenters. The van der Waals surface area contributed by atoms with E-state index >= 15 is 0 Å². The smallest absolute Gasteiger partial charge is 1.00 e. The van der Waals surface area contributed by atoms with E-state index in [1.54, 1.807) is 32.1 Å². The quantitative estimate of drug-likeness (QED) is 0.0428. The van der Waals surface area contributed by atoms with E-state index in [4.69, 9.17) is 19.9 Å². The predicted molar refractivity (Wildman–Crippen MR) is 273 cm³/mol. The van der Waals surface area contributed by atoms with E-state index in [0.717, 1.165) is 31.8 Å². The van der Waals surface area contributed by atoms with Crippen molar-refractivity contribution in [3.8, 4) is 0 Å². The first-order chi connectivity index (χ1) is 33.5. The number of Topliss-reactive ketones (excluding diaryl/α,β-unsaturated/α-hetero) is 1. The van der Waals surface area contributed by atoms with E-state index in [9.17, 15) is 45.3 Å². The second kappa shape index (κ2) is 28.1. The number of halogens is 6. The molecule has 6 atom stereocenters. The molecule has 3 aromatic rings. The van der Waals surface area contributed by atoms with Crippen molar-refractivity contribution in [2.45, 2.75) is 97.1 Å². The Balaban J connectivity index is 0.00000184. The van der Waals surface area contributed by atoms with Gasteiger partial charge in [-0.05, 0) is 93.8 Å². The average Bonchev–Trinajstić information content (AvgIpc) is 3.32. The summed E-state index contributed by atoms with van der Waals surface area (Å²) in [5, 5.41) is 21.6. The second-order valence-corrected chi connectivity index (χ2v) is 22.7. The van der Waals surface area contributed by atoms with E-state index in [-0.39, 0.29) is 51.8 Å². The third-order valence-corrected chi connectivity index (χ3v) is 16.9. The van der Waals surface area contributed by atoms with Gasteiger partial charge in [-0.3, -0.25) is 14.4 Å². The normalized spacial score (nSPS) is 24.1. The molecule has 0 saturated carbocycles. The fourth-order valence-electron chi connectivity index (χ4n) is 8.81. The Kier molecular flexibility index (Phi) is 23.8. The molecule has 0 saturated heterocycles. The number of carbonyl (C=O) groups is 4. The van der Waals surface area contributed by atoms with Crippen LogP contribution in [0.2, 0.25) is 0 Å². The standard InChI is InChI=1S/C53H66N3O8P.F5P.FH/c1-36-31-44-49(55-29-18-7-8-19-30-65(41-23-12-9-13-24-41,42-25-14-10-15-26-42)43-27-16-11-17-28-43)46(57)35-45(51(44)59)56-52(60)37(2)21-20-22-40(62-5)34-47(64-53(54)61)38(3)33-39(4)50(58)48(32-36)63-6;1-6(2,3,4)5;/h9-17,20-28,33,35-36,39-40,47-48,50,58H,7-8,18-19,29-32,34H2,1-6H3,(H3-,54,55,56,57,59,60,61);;1H/b22-20-,37-21+,38-33+;;/t36-,39+,40+,47-,48?,50-;;/m1../s1. The average molecular weight is 1050 g/mol. The number of rotatable bonds is 14. The van der Waals surface area contributed by atoms with Crippen LogP contribution in [-0.2, 0) is 28.6 Å². The van der Waals surface area contributed by atoms with Crippen LogP contribution in [0.4, 0.5) is 25.8 Å². The Morgan fingerprint density at radius 1 is 0.819 bits per heavy atom. The fraction of sp³-hybridized carbons (Fsp3) is 0.396. The molecule has 1 aliphatic carbocycles. The summed E-state index contributed by atoms with van der Waals surface area (Å²) >= 11 is 0. The third kappa shape index (κ3) is 18.9. The zero-order valence-corrected chi connectivity index (χ0v) is 43.2. The molecule has 3 aromatic carbocycles. The molecule has 0 radical (unpaired) electrons. The van der Waals surface area contributed by atoms with Crippen LogP contribution in [0.15, 0.2) is 149 Å². The number of nitrogens with two attached hydrogens (primary N) is 1. The molecule has 2 amide bonds. The molecule has 1 heterocycles. The predicted octanol–water partition coefficient (Wildman–Crippen LogP) is 7.26. The minimum absolute atomic E-state index is 0. The minimum Gasteiger partial charge on any atom is -1.00 e. The first kappa shape index (κ1) is 60.9. The number of hydrogen-bond donors (Lipinski definition) is 4. The van der Waals surface area contributed by atoms with Gasteiger partial charge in [0.25, 0.3) is 5.91 Å². The molecule has 72 heavy (non-hydrogen) atoms. The number of amides is 2. The maximum Gasteiger partial charge on any atom is -1.00 e. The molecule has 2 bridgehead atoms. The zero-order valence-electron chi connectivity index (χ0n) is 41.4. The van der Waals surface area contributed by atoms with Gasteiger partial charge in [0.2, 0.25) is 11.6 Å².